The van der Waals surface area contributed by atoms with Gasteiger partial charge in [0, 0.05) is 12.1 Å². The van der Waals surface area contributed by atoms with Crippen molar-refractivity contribution in [1.29, 1.82) is 0 Å². The van der Waals surface area contributed by atoms with Gasteiger partial charge in [-0.3, -0.25) is 9.59 Å². The minimum Gasteiger partial charge on any atom is -0.507 e. The second kappa shape index (κ2) is 8.53. The number of nitrogens with zero attached hydrogens (tertiary/aromatic N) is 2. The van der Waals surface area contributed by atoms with Gasteiger partial charge in [0.25, 0.3) is 11.7 Å². The van der Waals surface area contributed by atoms with Crippen LogP contribution in [0, 0.1) is 6.92 Å². The van der Waals surface area contributed by atoms with Crippen molar-refractivity contribution in [2.24, 2.45) is 0 Å². The molecule has 1 aliphatic heterocycles. The summed E-state index contributed by atoms with van der Waals surface area (Å²) in [5, 5.41) is 11.0. The van der Waals surface area contributed by atoms with Gasteiger partial charge < -0.3 is 24.1 Å². The number of hydrogen-bond acceptors (Lipinski definition) is 6. The summed E-state index contributed by atoms with van der Waals surface area (Å²) in [6, 6.07) is 9.50. The number of aliphatic hydroxyl groups is 1. The molecule has 3 rings (SSSR count). The summed E-state index contributed by atoms with van der Waals surface area (Å²) < 4.78 is 11.0. The van der Waals surface area contributed by atoms with Gasteiger partial charge in [0.05, 0.1) is 12.7 Å². The van der Waals surface area contributed by atoms with Gasteiger partial charge in [-0.25, -0.2) is 0 Å². The van der Waals surface area contributed by atoms with E-state index in [1.54, 1.807) is 43.3 Å². The molecule has 1 amide bonds. The van der Waals surface area contributed by atoms with E-state index < -0.39 is 17.7 Å². The zero-order valence-electron chi connectivity index (χ0n) is 17.1. The molecular formula is C22H26N2O5. The Morgan fingerprint density at radius 2 is 2.00 bits per heavy atom. The molecular weight excluding hydrogens is 372 g/mol. The third-order valence-corrected chi connectivity index (χ3v) is 4.92. The molecule has 1 N–H and O–H groups in total. The zero-order valence-corrected chi connectivity index (χ0v) is 17.1. The molecule has 7 nitrogen and oxygen atoms in total. The lowest BCUT2D eigenvalue weighted by Crippen LogP contribution is -2.32. The first-order valence-electron chi connectivity index (χ1n) is 9.47. The molecule has 1 fully saturated rings. The quantitative estimate of drug-likeness (QED) is 0.439. The van der Waals surface area contributed by atoms with Gasteiger partial charge in [0.1, 0.15) is 29.1 Å². The second-order valence-corrected chi connectivity index (χ2v) is 7.33. The molecule has 0 bridgehead atoms. The summed E-state index contributed by atoms with van der Waals surface area (Å²) in [5.74, 6) is 0.0776. The molecule has 1 aromatic heterocycles. The fourth-order valence-electron chi connectivity index (χ4n) is 3.49. The van der Waals surface area contributed by atoms with Crippen LogP contribution in [-0.2, 0) is 9.59 Å². The van der Waals surface area contributed by atoms with E-state index >= 15 is 0 Å². The number of Topliss-reactive ketones (excluding diaryl/α,β-unsaturated/α-hetero) is 1. The summed E-state index contributed by atoms with van der Waals surface area (Å²) in [7, 11) is 5.42. The standard InChI is InChI=1S/C22H26N2O5/c1-14-9-10-17(29-14)19-18(20(25)15-7-5-8-16(13-15)28-4)21(26)22(27)24(19)12-6-11-23(2)3/h5,7-10,13,19,25H,6,11-12H2,1-4H3/b20-18+/t19-/m1/s1. The maximum atomic E-state index is 12.9. The molecule has 7 heteroatoms. The Morgan fingerprint density at radius 1 is 1.24 bits per heavy atom. The molecule has 1 aromatic carbocycles. The van der Waals surface area contributed by atoms with E-state index in [-0.39, 0.29) is 11.3 Å². The molecule has 29 heavy (non-hydrogen) atoms. The highest BCUT2D eigenvalue weighted by atomic mass is 16.5. The molecule has 0 aliphatic carbocycles. The van der Waals surface area contributed by atoms with Crippen molar-refractivity contribution < 1.29 is 23.8 Å². The smallest absolute Gasteiger partial charge is 0.295 e. The van der Waals surface area contributed by atoms with Crippen molar-refractivity contribution in [2.45, 2.75) is 19.4 Å². The summed E-state index contributed by atoms with van der Waals surface area (Å²) in [6.07, 6.45) is 0.690. The van der Waals surface area contributed by atoms with Gasteiger partial charge in [0.2, 0.25) is 0 Å². The zero-order chi connectivity index (χ0) is 21.1. The monoisotopic (exact) mass is 398 g/mol. The van der Waals surface area contributed by atoms with Gasteiger partial charge in [-0.1, -0.05) is 12.1 Å². The molecule has 2 heterocycles. The maximum Gasteiger partial charge on any atom is 0.295 e. The number of methoxy groups -OCH3 is 1. The van der Waals surface area contributed by atoms with E-state index in [4.69, 9.17) is 9.15 Å². The van der Waals surface area contributed by atoms with Crippen LogP contribution in [0.25, 0.3) is 5.76 Å². The lowest BCUT2D eigenvalue weighted by atomic mass is 9.99. The number of rotatable bonds is 7. The fraction of sp³-hybridized carbons (Fsp3) is 0.364. The van der Waals surface area contributed by atoms with E-state index in [1.165, 1.54) is 12.0 Å². The minimum atomic E-state index is -0.767. The van der Waals surface area contributed by atoms with Crippen LogP contribution in [0.15, 0.2) is 46.4 Å². The van der Waals surface area contributed by atoms with E-state index in [0.29, 0.717) is 35.8 Å². The number of likely N-dealkylation sites (tertiary alicyclic amines) is 1. The van der Waals surface area contributed by atoms with Crippen molar-refractivity contribution in [3.05, 3.63) is 59.1 Å². The molecule has 154 valence electrons. The highest BCUT2D eigenvalue weighted by Gasteiger charge is 2.47. The van der Waals surface area contributed by atoms with Crippen molar-refractivity contribution in [1.82, 2.24) is 9.80 Å². The summed E-state index contributed by atoms with van der Waals surface area (Å²) in [5.41, 5.74) is 0.436. The number of ketones is 1. The van der Waals surface area contributed by atoms with Crippen LogP contribution in [0.4, 0.5) is 0 Å². The third-order valence-electron chi connectivity index (χ3n) is 4.92. The van der Waals surface area contributed by atoms with Crippen LogP contribution in [0.3, 0.4) is 0 Å². The SMILES string of the molecule is COc1cccc(/C(O)=C2\C(=O)C(=O)N(CCCN(C)C)[C@@H]2c2ccc(C)o2)c1. The molecule has 0 saturated carbocycles. The normalized spacial score (nSPS) is 18.7. The van der Waals surface area contributed by atoms with Gasteiger partial charge in [-0.15, -0.1) is 0 Å². The number of amides is 1. The molecule has 1 saturated heterocycles. The van der Waals surface area contributed by atoms with E-state index in [2.05, 4.69) is 0 Å². The third kappa shape index (κ3) is 4.19. The van der Waals surface area contributed by atoms with Crippen molar-refractivity contribution in [3.8, 4) is 5.75 Å². The van der Waals surface area contributed by atoms with Crippen LogP contribution >= 0.6 is 0 Å². The Balaban J connectivity index is 2.07. The van der Waals surface area contributed by atoms with Crippen LogP contribution in [-0.4, -0.2) is 60.9 Å². The molecule has 0 unspecified atom stereocenters. The van der Waals surface area contributed by atoms with Gasteiger partial charge >= 0.3 is 0 Å². The average molecular weight is 398 g/mol. The summed E-state index contributed by atoms with van der Waals surface area (Å²) in [4.78, 5) is 29.2. The number of hydrogen-bond donors (Lipinski definition) is 1. The number of benzene rings is 1. The number of ether oxygens (including phenoxy) is 1. The Labute approximate surface area is 170 Å². The Kier molecular flexibility index (Phi) is 6.08. The van der Waals surface area contributed by atoms with Crippen LogP contribution in [0.2, 0.25) is 0 Å². The maximum absolute atomic E-state index is 12.9. The van der Waals surface area contributed by atoms with Gasteiger partial charge in [0.15, 0.2) is 0 Å². The first-order valence-corrected chi connectivity index (χ1v) is 9.47. The molecule has 1 atom stereocenters. The molecule has 1 aliphatic rings. The van der Waals surface area contributed by atoms with Crippen molar-refractivity contribution >= 4 is 17.4 Å². The number of carbonyl (C=O) groups excluding carboxylic acids is 2. The number of aryl methyl sites for hydroxylation is 1. The van der Waals surface area contributed by atoms with Crippen LogP contribution in [0.5, 0.6) is 5.75 Å². The Bertz CT molecular complexity index is 944. The molecule has 0 spiro atoms. The van der Waals surface area contributed by atoms with Crippen LogP contribution in [0.1, 0.15) is 29.5 Å². The first-order chi connectivity index (χ1) is 13.8. The summed E-state index contributed by atoms with van der Waals surface area (Å²) in [6.45, 7) is 2.94. The second-order valence-electron chi connectivity index (χ2n) is 7.33. The van der Waals surface area contributed by atoms with Crippen LogP contribution < -0.4 is 4.74 Å². The topological polar surface area (TPSA) is 83.2 Å². The fourth-order valence-corrected chi connectivity index (χ4v) is 3.49. The van der Waals surface area contributed by atoms with Gasteiger partial charge in [-0.05, 0) is 58.3 Å². The number of aliphatic hydroxyl groups excluding tert-OH is 1. The predicted octanol–water partition coefficient (Wildman–Crippen LogP) is 2.97. The predicted molar refractivity (Wildman–Crippen MR) is 109 cm³/mol. The average Bonchev–Trinajstić information content (AvgIpc) is 3.23. The lowest BCUT2D eigenvalue weighted by Gasteiger charge is -2.24. The summed E-state index contributed by atoms with van der Waals surface area (Å²) >= 11 is 0. The Morgan fingerprint density at radius 3 is 2.62 bits per heavy atom. The van der Waals surface area contributed by atoms with E-state index in [9.17, 15) is 14.7 Å². The highest BCUT2D eigenvalue weighted by molar-refractivity contribution is 6.46. The first kappa shape index (κ1) is 20.7. The van der Waals surface area contributed by atoms with E-state index in [0.717, 1.165) is 6.54 Å². The Hall–Kier alpha value is -3.06. The van der Waals surface area contributed by atoms with Crippen molar-refractivity contribution in [2.75, 3.05) is 34.3 Å². The highest BCUT2D eigenvalue weighted by Crippen LogP contribution is 2.40. The van der Waals surface area contributed by atoms with Gasteiger partial charge in [-0.2, -0.15) is 0 Å². The number of furan rings is 1. The molecule has 2 aromatic rings. The molecule has 0 radical (unpaired) electrons. The largest absolute Gasteiger partial charge is 0.507 e. The van der Waals surface area contributed by atoms with E-state index in [1.807, 2.05) is 19.0 Å². The lowest BCUT2D eigenvalue weighted by molar-refractivity contribution is -0.140. The minimum absolute atomic E-state index is 0.0301. The number of carbonyl (C=O) groups is 2. The van der Waals surface area contributed by atoms with Crippen molar-refractivity contribution in [3.63, 3.8) is 0 Å².